The van der Waals surface area contributed by atoms with Gasteiger partial charge in [0.25, 0.3) is 5.91 Å². The zero-order chi connectivity index (χ0) is 22.1. The van der Waals surface area contributed by atoms with Gasteiger partial charge in [0.2, 0.25) is 0 Å². The number of hydrogen-bond acceptors (Lipinski definition) is 5. The van der Waals surface area contributed by atoms with Gasteiger partial charge in [0.1, 0.15) is 18.5 Å². The third-order valence-corrected chi connectivity index (χ3v) is 7.00. The Morgan fingerprint density at radius 3 is 2.45 bits per heavy atom. The summed E-state index contributed by atoms with van der Waals surface area (Å²) in [5, 5.41) is 3.61. The van der Waals surface area contributed by atoms with Gasteiger partial charge in [-0.25, -0.2) is 4.79 Å². The van der Waals surface area contributed by atoms with Crippen LogP contribution in [0.5, 0.6) is 0 Å². The molecule has 0 spiro atoms. The Labute approximate surface area is 186 Å². The zero-order valence-electron chi connectivity index (χ0n) is 19.4. The summed E-state index contributed by atoms with van der Waals surface area (Å²) in [6.45, 7) is 8.85. The quantitative estimate of drug-likeness (QED) is 0.678. The minimum Gasteiger partial charge on any atom is -0.343 e. The summed E-state index contributed by atoms with van der Waals surface area (Å²) in [5.41, 5.74) is 2.47. The van der Waals surface area contributed by atoms with Crippen LogP contribution in [0.1, 0.15) is 52.0 Å². The summed E-state index contributed by atoms with van der Waals surface area (Å²) >= 11 is 0. The van der Waals surface area contributed by atoms with Crippen molar-refractivity contribution in [2.45, 2.75) is 71.4 Å². The molecule has 1 N–H and O–H groups in total. The number of fused-ring (bicyclic) bond motifs is 3. The first-order valence-electron chi connectivity index (χ1n) is 11.9. The molecule has 31 heavy (non-hydrogen) atoms. The van der Waals surface area contributed by atoms with Crippen LogP contribution in [-0.2, 0) is 11.2 Å². The molecule has 0 aliphatic carbocycles. The van der Waals surface area contributed by atoms with E-state index in [1.165, 1.54) is 10.5 Å². The minimum atomic E-state index is -0.334. The van der Waals surface area contributed by atoms with Gasteiger partial charge < -0.3 is 9.80 Å². The van der Waals surface area contributed by atoms with E-state index >= 15 is 0 Å². The number of nitrogens with one attached hydrogen (secondary N) is 1. The van der Waals surface area contributed by atoms with Crippen molar-refractivity contribution in [3.05, 3.63) is 29.8 Å². The molecule has 1 aromatic carbocycles. The Hall–Kier alpha value is -2.12. The van der Waals surface area contributed by atoms with E-state index in [0.29, 0.717) is 12.5 Å². The van der Waals surface area contributed by atoms with Crippen LogP contribution in [0.2, 0.25) is 0 Å². The fourth-order valence-electron chi connectivity index (χ4n) is 5.24. The van der Waals surface area contributed by atoms with Crippen LogP contribution in [0, 0.1) is 5.92 Å². The van der Waals surface area contributed by atoms with E-state index in [1.54, 1.807) is 4.90 Å². The smallest absolute Gasteiger partial charge is 0.327 e. The van der Waals surface area contributed by atoms with E-state index in [9.17, 15) is 9.59 Å². The lowest BCUT2D eigenvalue weighted by atomic mass is 10.0. The van der Waals surface area contributed by atoms with Crippen LogP contribution in [0.4, 0.5) is 10.5 Å². The third-order valence-electron chi connectivity index (χ3n) is 7.00. The van der Waals surface area contributed by atoms with Gasteiger partial charge in [0.15, 0.2) is 0 Å². The lowest BCUT2D eigenvalue weighted by Gasteiger charge is -2.46. The Morgan fingerprint density at radius 2 is 1.77 bits per heavy atom. The third kappa shape index (κ3) is 4.05. The highest BCUT2D eigenvalue weighted by Crippen LogP contribution is 2.34. The second-order valence-electron chi connectivity index (χ2n) is 9.35. The molecule has 3 fully saturated rings. The molecule has 3 heterocycles. The van der Waals surface area contributed by atoms with Crippen LogP contribution >= 0.6 is 0 Å². The van der Waals surface area contributed by atoms with E-state index in [4.69, 9.17) is 0 Å². The molecule has 4 rings (SSSR count). The summed E-state index contributed by atoms with van der Waals surface area (Å²) < 4.78 is 0. The molecule has 1 aromatic rings. The normalized spacial score (nSPS) is 28.8. The molecule has 0 radical (unpaired) electrons. The van der Waals surface area contributed by atoms with Crippen LogP contribution < -0.4 is 10.2 Å². The van der Waals surface area contributed by atoms with Gasteiger partial charge in [-0.05, 0) is 36.5 Å². The maximum absolute atomic E-state index is 13.5. The average Bonchev–Trinajstić information content (AvgIpc) is 3.16. The number of urea groups is 1. The van der Waals surface area contributed by atoms with Gasteiger partial charge in [-0.15, -0.1) is 0 Å². The number of carbonyl (C=O) groups is 2. The number of likely N-dealkylation sites (N-methyl/N-ethyl adjacent to an activating group) is 1. The van der Waals surface area contributed by atoms with Crippen molar-refractivity contribution in [2.24, 2.45) is 5.92 Å². The number of benzene rings is 1. The van der Waals surface area contributed by atoms with E-state index in [0.717, 1.165) is 50.9 Å². The lowest BCUT2D eigenvalue weighted by molar-refractivity contribution is -0.138. The zero-order valence-corrected chi connectivity index (χ0v) is 19.4. The maximum atomic E-state index is 13.5. The SMILES string of the molecule is CCCCCCN1C(=O)C2C(NC3N(c4ccc(CC)cc4)CC(C)CN23)N(C)C1=O. The fourth-order valence-corrected chi connectivity index (χ4v) is 5.24. The Bertz CT molecular complexity index is 798. The first-order chi connectivity index (χ1) is 15.0. The molecule has 4 atom stereocenters. The van der Waals surface area contributed by atoms with Crippen molar-refractivity contribution >= 4 is 17.6 Å². The molecular formula is C24H37N5O2. The van der Waals surface area contributed by atoms with E-state index in [1.807, 2.05) is 7.05 Å². The van der Waals surface area contributed by atoms with Gasteiger partial charge in [-0.3, -0.25) is 19.9 Å². The van der Waals surface area contributed by atoms with Crippen molar-refractivity contribution in [1.82, 2.24) is 20.0 Å². The molecular weight excluding hydrogens is 390 g/mol. The number of rotatable bonds is 7. The predicted molar refractivity (Wildman–Crippen MR) is 123 cm³/mol. The topological polar surface area (TPSA) is 59.1 Å². The summed E-state index contributed by atoms with van der Waals surface area (Å²) in [6.07, 6.45) is 4.84. The van der Waals surface area contributed by atoms with Crippen LogP contribution in [0.15, 0.2) is 24.3 Å². The first-order valence-corrected chi connectivity index (χ1v) is 11.9. The van der Waals surface area contributed by atoms with Gasteiger partial charge in [0, 0.05) is 32.4 Å². The fraction of sp³-hybridized carbons (Fsp3) is 0.667. The van der Waals surface area contributed by atoms with E-state index in [2.05, 4.69) is 60.2 Å². The number of amides is 3. The van der Waals surface area contributed by atoms with E-state index < -0.39 is 0 Å². The predicted octanol–water partition coefficient (Wildman–Crippen LogP) is 3.06. The molecule has 7 nitrogen and oxygen atoms in total. The maximum Gasteiger partial charge on any atom is 0.327 e. The number of hydrogen-bond donors (Lipinski definition) is 1. The second-order valence-corrected chi connectivity index (χ2v) is 9.35. The van der Waals surface area contributed by atoms with Crippen LogP contribution in [0.25, 0.3) is 0 Å². The Kier molecular flexibility index (Phi) is 6.53. The molecule has 0 bridgehead atoms. The lowest BCUT2D eigenvalue weighted by Crippen LogP contribution is -2.66. The monoisotopic (exact) mass is 427 g/mol. The van der Waals surface area contributed by atoms with Gasteiger partial charge >= 0.3 is 6.03 Å². The molecule has 4 unspecified atom stereocenters. The summed E-state index contributed by atoms with van der Waals surface area (Å²) in [4.78, 5) is 34.3. The van der Waals surface area contributed by atoms with E-state index in [-0.39, 0.29) is 30.4 Å². The van der Waals surface area contributed by atoms with Crippen molar-refractivity contribution in [1.29, 1.82) is 0 Å². The number of aryl methyl sites for hydroxylation is 1. The van der Waals surface area contributed by atoms with Crippen molar-refractivity contribution in [3.63, 3.8) is 0 Å². The number of imide groups is 1. The highest BCUT2D eigenvalue weighted by Gasteiger charge is 2.56. The van der Waals surface area contributed by atoms with Gasteiger partial charge in [-0.2, -0.15) is 0 Å². The van der Waals surface area contributed by atoms with Crippen molar-refractivity contribution in [3.8, 4) is 0 Å². The molecule has 3 amide bonds. The highest BCUT2D eigenvalue weighted by atomic mass is 16.2. The molecule has 3 aliphatic rings. The van der Waals surface area contributed by atoms with Gasteiger partial charge in [-0.1, -0.05) is 52.2 Å². The van der Waals surface area contributed by atoms with Crippen LogP contribution in [-0.4, -0.2) is 71.8 Å². The standard InChI is InChI=1S/C24H37N5O2/c1-5-7-8-9-14-27-22(30)20-21(26(4)24(27)31)25-23-28(15-17(3)16-29(20)23)19-12-10-18(6-2)11-13-19/h10-13,17,20-21,23,25H,5-9,14-16H2,1-4H3. The average molecular weight is 428 g/mol. The molecule has 0 saturated carbocycles. The number of nitrogens with zero attached hydrogens (tertiary/aromatic N) is 4. The largest absolute Gasteiger partial charge is 0.343 e. The Balaban J connectivity index is 1.57. The number of carbonyl (C=O) groups excluding carboxylic acids is 2. The number of anilines is 1. The Morgan fingerprint density at radius 1 is 1.03 bits per heavy atom. The summed E-state index contributed by atoms with van der Waals surface area (Å²) in [6, 6.07) is 8.20. The van der Waals surface area contributed by atoms with Crippen LogP contribution in [0.3, 0.4) is 0 Å². The summed E-state index contributed by atoms with van der Waals surface area (Å²) in [5.74, 6) is 0.381. The molecule has 7 heteroatoms. The molecule has 170 valence electrons. The molecule has 3 saturated heterocycles. The minimum absolute atomic E-state index is 0.0463. The summed E-state index contributed by atoms with van der Waals surface area (Å²) in [7, 11) is 1.82. The van der Waals surface area contributed by atoms with Gasteiger partial charge in [0.05, 0.1) is 0 Å². The highest BCUT2D eigenvalue weighted by molar-refractivity contribution is 6.00. The van der Waals surface area contributed by atoms with Crippen molar-refractivity contribution < 1.29 is 9.59 Å². The first kappa shape index (κ1) is 22.1. The molecule has 3 aliphatic heterocycles. The molecule has 0 aromatic heterocycles. The second kappa shape index (κ2) is 9.17. The number of unbranched alkanes of at least 4 members (excludes halogenated alkanes) is 3. The van der Waals surface area contributed by atoms with Crippen molar-refractivity contribution in [2.75, 3.05) is 31.6 Å².